The van der Waals surface area contributed by atoms with Gasteiger partial charge in [0.25, 0.3) is 0 Å². The number of H-pyrrole nitrogens is 1. The van der Waals surface area contributed by atoms with Gasteiger partial charge in [-0.25, -0.2) is 4.98 Å². The number of thioether (sulfide) groups is 1. The van der Waals surface area contributed by atoms with E-state index in [4.69, 9.17) is 4.52 Å². The van der Waals surface area contributed by atoms with Crippen LogP contribution in [0.15, 0.2) is 33.9 Å². The maximum Gasteiger partial charge on any atom is 0.239 e. The van der Waals surface area contributed by atoms with E-state index in [9.17, 15) is 0 Å². The van der Waals surface area contributed by atoms with E-state index < -0.39 is 0 Å². The molecular formula is C15H17N5OS. The van der Waals surface area contributed by atoms with Gasteiger partial charge in [0.1, 0.15) is 0 Å². The van der Waals surface area contributed by atoms with E-state index in [1.807, 2.05) is 26.0 Å². The van der Waals surface area contributed by atoms with Crippen LogP contribution in [0.5, 0.6) is 0 Å². The molecule has 22 heavy (non-hydrogen) atoms. The van der Waals surface area contributed by atoms with Gasteiger partial charge in [-0.2, -0.15) is 4.98 Å². The van der Waals surface area contributed by atoms with Gasteiger partial charge < -0.3 is 4.52 Å². The maximum absolute atomic E-state index is 5.25. The number of hydrogen-bond donors (Lipinski definition) is 1. The van der Waals surface area contributed by atoms with Gasteiger partial charge in [0, 0.05) is 12.0 Å². The van der Waals surface area contributed by atoms with Crippen molar-refractivity contribution in [1.29, 1.82) is 0 Å². The van der Waals surface area contributed by atoms with Crippen LogP contribution in [-0.4, -0.2) is 25.3 Å². The largest absolute Gasteiger partial charge is 0.338 e. The van der Waals surface area contributed by atoms with E-state index in [2.05, 4.69) is 44.4 Å². The van der Waals surface area contributed by atoms with Crippen LogP contribution in [0, 0.1) is 6.92 Å². The number of aromatic amines is 1. The summed E-state index contributed by atoms with van der Waals surface area (Å²) in [4.78, 5) is 8.84. The molecule has 0 aliphatic heterocycles. The minimum absolute atomic E-state index is 0.00877. The second-order valence-corrected chi connectivity index (χ2v) is 6.30. The van der Waals surface area contributed by atoms with Gasteiger partial charge in [-0.3, -0.25) is 5.10 Å². The Morgan fingerprint density at radius 3 is 2.68 bits per heavy atom. The molecule has 0 bridgehead atoms. The van der Waals surface area contributed by atoms with Crippen molar-refractivity contribution in [2.75, 3.05) is 0 Å². The van der Waals surface area contributed by atoms with Gasteiger partial charge in [0.2, 0.25) is 11.0 Å². The molecule has 6 nitrogen and oxygen atoms in total. The highest BCUT2D eigenvalue weighted by atomic mass is 32.2. The average Bonchev–Trinajstić information content (AvgIpc) is 3.17. The second-order valence-electron chi connectivity index (χ2n) is 5.00. The lowest BCUT2D eigenvalue weighted by Gasteiger charge is -2.01. The van der Waals surface area contributed by atoms with E-state index in [1.165, 1.54) is 17.3 Å². The van der Waals surface area contributed by atoms with Crippen molar-refractivity contribution in [3.05, 3.63) is 41.5 Å². The third-order valence-corrected chi connectivity index (χ3v) is 4.17. The zero-order chi connectivity index (χ0) is 15.5. The van der Waals surface area contributed by atoms with Crippen molar-refractivity contribution < 1.29 is 4.52 Å². The van der Waals surface area contributed by atoms with Crippen LogP contribution in [0.4, 0.5) is 0 Å². The van der Waals surface area contributed by atoms with Gasteiger partial charge in [-0.1, -0.05) is 53.7 Å². The van der Waals surface area contributed by atoms with Crippen LogP contribution in [-0.2, 0) is 6.42 Å². The summed E-state index contributed by atoms with van der Waals surface area (Å²) < 4.78 is 5.25. The molecule has 0 amide bonds. The molecule has 3 aromatic rings. The number of nitrogens with one attached hydrogen (secondary N) is 1. The number of hydrogen-bond acceptors (Lipinski definition) is 6. The van der Waals surface area contributed by atoms with Crippen LogP contribution in [0.3, 0.4) is 0 Å². The third-order valence-electron chi connectivity index (χ3n) is 3.22. The van der Waals surface area contributed by atoms with Crippen LogP contribution < -0.4 is 0 Å². The number of aryl methyl sites for hydroxylation is 2. The highest BCUT2D eigenvalue weighted by Gasteiger charge is 2.17. The summed E-state index contributed by atoms with van der Waals surface area (Å²) in [6.07, 6.45) is 0.763. The van der Waals surface area contributed by atoms with E-state index in [0.29, 0.717) is 11.0 Å². The number of nitrogens with zero attached hydrogens (tertiary/aromatic N) is 4. The van der Waals surface area contributed by atoms with Crippen LogP contribution in [0.1, 0.15) is 36.4 Å². The van der Waals surface area contributed by atoms with Gasteiger partial charge in [0.15, 0.2) is 11.6 Å². The van der Waals surface area contributed by atoms with E-state index in [0.717, 1.165) is 23.6 Å². The van der Waals surface area contributed by atoms with Gasteiger partial charge >= 0.3 is 0 Å². The molecule has 3 rings (SSSR count). The molecule has 0 saturated carbocycles. The molecule has 0 aliphatic carbocycles. The highest BCUT2D eigenvalue weighted by molar-refractivity contribution is 7.99. The molecule has 0 saturated heterocycles. The second kappa shape index (κ2) is 6.31. The van der Waals surface area contributed by atoms with Crippen molar-refractivity contribution in [1.82, 2.24) is 25.3 Å². The lowest BCUT2D eigenvalue weighted by molar-refractivity contribution is 0.375. The first-order chi connectivity index (χ1) is 10.7. The summed E-state index contributed by atoms with van der Waals surface area (Å²) in [5, 5.41) is 11.8. The predicted octanol–water partition coefficient (Wildman–Crippen LogP) is 3.58. The Morgan fingerprint density at radius 1 is 1.23 bits per heavy atom. The fraction of sp³-hybridized carbons (Fsp3) is 0.333. The smallest absolute Gasteiger partial charge is 0.239 e. The molecule has 0 spiro atoms. The van der Waals surface area contributed by atoms with Crippen molar-refractivity contribution in [3.63, 3.8) is 0 Å². The van der Waals surface area contributed by atoms with Crippen molar-refractivity contribution >= 4 is 11.8 Å². The SMILES string of the molecule is CCc1noc([C@@H](C)Sc2n[nH]c(-c3ccc(C)cc3)n2)n1. The lowest BCUT2D eigenvalue weighted by Crippen LogP contribution is -1.91. The minimum Gasteiger partial charge on any atom is -0.338 e. The van der Waals surface area contributed by atoms with Gasteiger partial charge in [-0.05, 0) is 13.8 Å². The first-order valence-electron chi connectivity index (χ1n) is 7.14. The van der Waals surface area contributed by atoms with Gasteiger partial charge in [0.05, 0.1) is 5.25 Å². The Balaban J connectivity index is 1.72. The fourth-order valence-electron chi connectivity index (χ4n) is 1.92. The molecule has 1 atom stereocenters. The Morgan fingerprint density at radius 2 is 2.00 bits per heavy atom. The van der Waals surface area contributed by atoms with Crippen molar-refractivity contribution in [3.8, 4) is 11.4 Å². The Kier molecular flexibility index (Phi) is 4.24. The first-order valence-corrected chi connectivity index (χ1v) is 8.02. The summed E-state index contributed by atoms with van der Waals surface area (Å²) in [7, 11) is 0. The predicted molar refractivity (Wildman–Crippen MR) is 84.5 cm³/mol. The molecule has 2 aromatic heterocycles. The van der Waals surface area contributed by atoms with E-state index in [-0.39, 0.29) is 5.25 Å². The van der Waals surface area contributed by atoms with Crippen molar-refractivity contribution in [2.45, 2.75) is 37.6 Å². The monoisotopic (exact) mass is 315 g/mol. The molecule has 1 aromatic carbocycles. The van der Waals surface area contributed by atoms with Crippen LogP contribution >= 0.6 is 11.8 Å². The highest BCUT2D eigenvalue weighted by Crippen LogP contribution is 2.32. The molecule has 0 radical (unpaired) electrons. The Hall–Kier alpha value is -2.15. The summed E-state index contributed by atoms with van der Waals surface area (Å²) >= 11 is 1.49. The number of aromatic nitrogens is 5. The van der Waals surface area contributed by atoms with E-state index >= 15 is 0 Å². The van der Waals surface area contributed by atoms with Crippen molar-refractivity contribution in [2.24, 2.45) is 0 Å². The standard InChI is InChI=1S/C15H17N5OS/c1-4-12-16-14(21-20-12)10(3)22-15-17-13(18-19-15)11-7-5-9(2)6-8-11/h5-8,10H,4H2,1-3H3,(H,17,18,19)/t10-/m1/s1. The first kappa shape index (κ1) is 14.8. The molecular weight excluding hydrogens is 298 g/mol. The molecule has 2 heterocycles. The molecule has 0 aliphatic rings. The molecule has 114 valence electrons. The summed E-state index contributed by atoms with van der Waals surface area (Å²) in [6, 6.07) is 8.16. The number of rotatable bonds is 5. The summed E-state index contributed by atoms with van der Waals surface area (Å²) in [5.74, 6) is 2.08. The summed E-state index contributed by atoms with van der Waals surface area (Å²) in [6.45, 7) is 6.05. The van der Waals surface area contributed by atoms with Gasteiger partial charge in [-0.15, -0.1) is 5.10 Å². The molecule has 0 fully saturated rings. The minimum atomic E-state index is 0.00877. The lowest BCUT2D eigenvalue weighted by atomic mass is 10.1. The molecule has 7 heteroatoms. The Bertz CT molecular complexity index is 749. The number of benzene rings is 1. The van der Waals surface area contributed by atoms with E-state index in [1.54, 1.807) is 0 Å². The molecule has 0 unspecified atom stereocenters. The van der Waals surface area contributed by atoms with Crippen LogP contribution in [0.25, 0.3) is 11.4 Å². The third kappa shape index (κ3) is 3.19. The van der Waals surface area contributed by atoms with Crippen LogP contribution in [0.2, 0.25) is 0 Å². The zero-order valence-electron chi connectivity index (χ0n) is 12.7. The summed E-state index contributed by atoms with van der Waals surface area (Å²) in [5.41, 5.74) is 2.23. The maximum atomic E-state index is 5.25. The topological polar surface area (TPSA) is 80.5 Å². The zero-order valence-corrected chi connectivity index (χ0v) is 13.5. The fourth-order valence-corrected chi connectivity index (χ4v) is 2.68. The average molecular weight is 315 g/mol. The quantitative estimate of drug-likeness (QED) is 0.725. The Labute approximate surface area is 132 Å². The normalized spacial score (nSPS) is 12.5. The molecule has 1 N–H and O–H groups in total.